The number of nitrogens with zero attached hydrogens (tertiary/aromatic N) is 1. The first kappa shape index (κ1) is 17.8. The highest BCUT2D eigenvalue weighted by Gasteiger charge is 2.25. The van der Waals surface area contributed by atoms with Crippen LogP contribution in [0, 0.1) is 5.82 Å². The van der Waals surface area contributed by atoms with Crippen LogP contribution in [-0.2, 0) is 0 Å². The molecule has 2 aliphatic heterocycles. The average Bonchev–Trinajstić information content (AvgIpc) is 3.17. The van der Waals surface area contributed by atoms with Crippen molar-refractivity contribution < 1.29 is 23.8 Å². The van der Waals surface area contributed by atoms with Gasteiger partial charge in [0.1, 0.15) is 13.2 Å². The molecule has 1 unspecified atom stereocenters. The van der Waals surface area contributed by atoms with E-state index in [2.05, 4.69) is 4.90 Å². The third-order valence-corrected chi connectivity index (χ3v) is 5.23. The van der Waals surface area contributed by atoms with Crippen LogP contribution >= 0.6 is 0 Å². The first-order valence-corrected chi connectivity index (χ1v) is 9.24. The monoisotopic (exact) mass is 371 g/mol. The normalized spacial score (nSPS) is 19.2. The quantitative estimate of drug-likeness (QED) is 0.817. The molecule has 6 heteroatoms. The largest absolute Gasteiger partial charge is 0.505 e. The maximum Gasteiger partial charge on any atom is 0.164 e. The summed E-state index contributed by atoms with van der Waals surface area (Å²) >= 11 is 0. The number of Topliss-reactive ketones (excluding diaryl/α,β-unsaturated/α-hetero) is 1. The first-order valence-electron chi connectivity index (χ1n) is 9.24. The van der Waals surface area contributed by atoms with E-state index in [1.165, 1.54) is 12.1 Å². The topological polar surface area (TPSA) is 59.0 Å². The van der Waals surface area contributed by atoms with Crippen LogP contribution < -0.4 is 9.47 Å². The number of hydrogen-bond acceptors (Lipinski definition) is 5. The number of halogens is 1. The predicted octanol–water partition coefficient (Wildman–Crippen LogP) is 3.36. The Labute approximate surface area is 157 Å². The second-order valence-electron chi connectivity index (χ2n) is 7.03. The standard InChI is InChI=1S/C21H22FNO4/c22-17-3-1-14(11-19(17)25)16-5-7-23(13-16)8-6-18(24)15-2-4-20-21(12-15)27-10-9-26-20/h1-4,11-12,16,25H,5-10,13H2. The lowest BCUT2D eigenvalue weighted by Gasteiger charge is -2.19. The second kappa shape index (κ2) is 7.56. The number of rotatable bonds is 5. The fourth-order valence-electron chi connectivity index (χ4n) is 3.71. The minimum absolute atomic E-state index is 0.0786. The fourth-order valence-corrected chi connectivity index (χ4v) is 3.71. The molecule has 2 aromatic rings. The van der Waals surface area contributed by atoms with Crippen LogP contribution in [0.5, 0.6) is 17.2 Å². The summed E-state index contributed by atoms with van der Waals surface area (Å²) < 4.78 is 24.2. The van der Waals surface area contributed by atoms with E-state index in [0.717, 1.165) is 25.1 Å². The van der Waals surface area contributed by atoms with E-state index < -0.39 is 5.82 Å². The number of hydrogen-bond donors (Lipinski definition) is 1. The highest BCUT2D eigenvalue weighted by Crippen LogP contribution is 2.32. The predicted molar refractivity (Wildman–Crippen MR) is 98.2 cm³/mol. The van der Waals surface area contributed by atoms with Gasteiger partial charge < -0.3 is 19.5 Å². The fraction of sp³-hybridized carbons (Fsp3) is 0.381. The molecule has 1 saturated heterocycles. The van der Waals surface area contributed by atoms with Crippen molar-refractivity contribution in [3.05, 3.63) is 53.3 Å². The number of benzene rings is 2. The summed E-state index contributed by atoms with van der Waals surface area (Å²) in [6, 6.07) is 9.86. The summed E-state index contributed by atoms with van der Waals surface area (Å²) in [4.78, 5) is 14.8. The molecule has 142 valence electrons. The zero-order valence-electron chi connectivity index (χ0n) is 15.0. The summed E-state index contributed by atoms with van der Waals surface area (Å²) in [5, 5.41) is 9.56. The van der Waals surface area contributed by atoms with E-state index in [9.17, 15) is 14.3 Å². The molecule has 1 fully saturated rings. The van der Waals surface area contributed by atoms with Gasteiger partial charge in [-0.25, -0.2) is 4.39 Å². The zero-order valence-corrected chi connectivity index (χ0v) is 15.0. The van der Waals surface area contributed by atoms with Crippen molar-refractivity contribution in [1.82, 2.24) is 4.90 Å². The molecule has 0 aliphatic carbocycles. The Kier molecular flexibility index (Phi) is 4.99. The average molecular weight is 371 g/mol. The van der Waals surface area contributed by atoms with Crippen LogP contribution in [0.4, 0.5) is 4.39 Å². The Bertz CT molecular complexity index is 854. The van der Waals surface area contributed by atoms with Crippen molar-refractivity contribution in [3.8, 4) is 17.2 Å². The molecule has 2 aliphatic rings. The number of ether oxygens (including phenoxy) is 2. The van der Waals surface area contributed by atoms with Crippen LogP contribution in [0.3, 0.4) is 0 Å². The molecule has 5 nitrogen and oxygen atoms in total. The number of carbonyl (C=O) groups excluding carboxylic acids is 1. The minimum atomic E-state index is -0.598. The molecule has 1 atom stereocenters. The third-order valence-electron chi connectivity index (χ3n) is 5.23. The Hall–Kier alpha value is -2.60. The molecule has 0 radical (unpaired) electrons. The summed E-state index contributed by atoms with van der Waals surface area (Å²) in [5.74, 6) is 0.737. The van der Waals surface area contributed by atoms with Gasteiger partial charge in [0.2, 0.25) is 0 Å². The lowest BCUT2D eigenvalue weighted by Crippen LogP contribution is -2.24. The van der Waals surface area contributed by atoms with Crippen molar-refractivity contribution in [1.29, 1.82) is 0 Å². The smallest absolute Gasteiger partial charge is 0.164 e. The maximum absolute atomic E-state index is 13.2. The van der Waals surface area contributed by atoms with Crippen LogP contribution in [0.2, 0.25) is 0 Å². The van der Waals surface area contributed by atoms with Gasteiger partial charge in [-0.15, -0.1) is 0 Å². The molecular formula is C21H22FNO4. The van der Waals surface area contributed by atoms with Crippen LogP contribution in [0.25, 0.3) is 0 Å². The van der Waals surface area contributed by atoms with Crippen LogP contribution in [-0.4, -0.2) is 48.6 Å². The van der Waals surface area contributed by atoms with Gasteiger partial charge in [0.05, 0.1) is 0 Å². The molecular weight excluding hydrogens is 349 g/mol. The molecule has 0 bridgehead atoms. The van der Waals surface area contributed by atoms with Crippen LogP contribution in [0.15, 0.2) is 36.4 Å². The lowest BCUT2D eigenvalue weighted by atomic mass is 9.98. The summed E-state index contributed by atoms with van der Waals surface area (Å²) in [5.41, 5.74) is 1.58. The summed E-state index contributed by atoms with van der Waals surface area (Å²) in [6.45, 7) is 3.40. The number of ketones is 1. The van der Waals surface area contributed by atoms with Crippen molar-refractivity contribution in [2.75, 3.05) is 32.8 Å². The van der Waals surface area contributed by atoms with E-state index in [1.807, 2.05) is 0 Å². The van der Waals surface area contributed by atoms with Gasteiger partial charge in [0.15, 0.2) is 28.8 Å². The van der Waals surface area contributed by atoms with Gasteiger partial charge in [-0.05, 0) is 54.8 Å². The Balaban J connectivity index is 1.32. The highest BCUT2D eigenvalue weighted by molar-refractivity contribution is 5.96. The lowest BCUT2D eigenvalue weighted by molar-refractivity contribution is 0.0967. The van der Waals surface area contributed by atoms with Crippen molar-refractivity contribution >= 4 is 5.78 Å². The Morgan fingerprint density at radius 1 is 1.15 bits per heavy atom. The van der Waals surface area contributed by atoms with E-state index in [1.54, 1.807) is 24.3 Å². The zero-order chi connectivity index (χ0) is 18.8. The molecule has 0 saturated carbocycles. The van der Waals surface area contributed by atoms with Gasteiger partial charge >= 0.3 is 0 Å². The molecule has 27 heavy (non-hydrogen) atoms. The van der Waals surface area contributed by atoms with Gasteiger partial charge in [-0.1, -0.05) is 6.07 Å². The van der Waals surface area contributed by atoms with Crippen molar-refractivity contribution in [3.63, 3.8) is 0 Å². The molecule has 2 aromatic carbocycles. The molecule has 4 rings (SSSR count). The molecule has 0 amide bonds. The molecule has 0 aromatic heterocycles. The molecule has 1 N–H and O–H groups in total. The summed E-state index contributed by atoms with van der Waals surface area (Å²) in [7, 11) is 0. The Morgan fingerprint density at radius 3 is 2.78 bits per heavy atom. The number of phenols is 1. The third kappa shape index (κ3) is 3.90. The van der Waals surface area contributed by atoms with E-state index >= 15 is 0 Å². The maximum atomic E-state index is 13.2. The number of carbonyl (C=O) groups is 1. The van der Waals surface area contributed by atoms with E-state index in [4.69, 9.17) is 9.47 Å². The number of phenolic OH excluding ortho intramolecular Hbond substituents is 1. The summed E-state index contributed by atoms with van der Waals surface area (Å²) in [6.07, 6.45) is 1.37. The van der Waals surface area contributed by atoms with Gasteiger partial charge in [-0.2, -0.15) is 0 Å². The second-order valence-corrected chi connectivity index (χ2v) is 7.03. The van der Waals surface area contributed by atoms with Crippen molar-refractivity contribution in [2.24, 2.45) is 0 Å². The van der Waals surface area contributed by atoms with Crippen molar-refractivity contribution in [2.45, 2.75) is 18.8 Å². The van der Waals surface area contributed by atoms with Gasteiger partial charge in [0.25, 0.3) is 0 Å². The van der Waals surface area contributed by atoms with Crippen LogP contribution in [0.1, 0.15) is 34.7 Å². The van der Waals surface area contributed by atoms with Gasteiger partial charge in [0, 0.05) is 25.1 Å². The first-order chi connectivity index (χ1) is 13.1. The van der Waals surface area contributed by atoms with E-state index in [0.29, 0.717) is 43.2 Å². The minimum Gasteiger partial charge on any atom is -0.505 e. The Morgan fingerprint density at radius 2 is 1.96 bits per heavy atom. The number of aromatic hydroxyl groups is 1. The van der Waals surface area contributed by atoms with E-state index in [-0.39, 0.29) is 17.5 Å². The van der Waals surface area contributed by atoms with Gasteiger partial charge in [-0.3, -0.25) is 4.79 Å². The molecule has 0 spiro atoms. The number of likely N-dealkylation sites (tertiary alicyclic amines) is 1. The highest BCUT2D eigenvalue weighted by atomic mass is 19.1. The molecule has 2 heterocycles. The SMILES string of the molecule is O=C(CCN1CCC(c2ccc(F)c(O)c2)C1)c1ccc2c(c1)OCCO2. The number of fused-ring (bicyclic) bond motifs is 1.